The van der Waals surface area contributed by atoms with Gasteiger partial charge in [-0.3, -0.25) is 13.7 Å². The van der Waals surface area contributed by atoms with Gasteiger partial charge in [-0.25, -0.2) is 42.0 Å². The van der Waals surface area contributed by atoms with Crippen molar-refractivity contribution in [3.8, 4) is 0 Å². The molecule has 55 heavy (non-hydrogen) atoms. The molecule has 0 saturated carbocycles. The van der Waals surface area contributed by atoms with Crippen molar-refractivity contribution >= 4 is 60.7 Å². The molecular formula is C36H69EuN9O3P3S3. The van der Waals surface area contributed by atoms with E-state index in [4.69, 9.17) is 37.9 Å². The van der Waals surface area contributed by atoms with Crippen molar-refractivity contribution in [2.45, 2.75) is 14.7 Å². The van der Waals surface area contributed by atoms with E-state index in [-0.39, 0.29) is 49.4 Å². The predicted octanol–water partition coefficient (Wildman–Crippen LogP) is 7.12. The van der Waals surface area contributed by atoms with Crippen molar-refractivity contribution in [2.24, 2.45) is 0 Å². The second kappa shape index (κ2) is 32.1. The Hall–Kier alpha value is 0.234. The predicted molar refractivity (Wildman–Crippen MR) is 242 cm³/mol. The first kappa shape index (κ1) is 61.9. The van der Waals surface area contributed by atoms with Gasteiger partial charge in [-0.15, -0.1) is 0 Å². The third-order valence-electron chi connectivity index (χ3n) is 6.92. The Morgan fingerprint density at radius 3 is 0.436 bits per heavy atom. The Morgan fingerprint density at radius 1 is 0.291 bits per heavy atom. The summed E-state index contributed by atoms with van der Waals surface area (Å²) in [6.45, 7) is 0. The summed E-state index contributed by atoms with van der Waals surface area (Å²) in [5.74, 6) is 0. The summed E-state index contributed by atoms with van der Waals surface area (Å²) in [6, 6.07) is 28.8. The fourth-order valence-electron chi connectivity index (χ4n) is 4.48. The summed E-state index contributed by atoms with van der Waals surface area (Å²) in [5, 5.41) is 0. The van der Waals surface area contributed by atoms with Gasteiger partial charge in [0, 0.05) is 0 Å². The fraction of sp³-hybridized carbons (Fsp3) is 0.500. The molecule has 3 rings (SSSR count). The van der Waals surface area contributed by atoms with Crippen LogP contribution in [0, 0.1) is 49.4 Å². The van der Waals surface area contributed by atoms with Gasteiger partial charge < -0.3 is 37.9 Å². The Morgan fingerprint density at radius 2 is 0.400 bits per heavy atom. The SMILES string of the molecule is CN(C)P(=O)(N(C)C)N(C)C.CN(C)P(=O)(N(C)C)N(C)C.CN(C)P(=O)(N(C)C)N(C)C.[Eu+3].[S-]c1ccccc1.[S-]c1ccccc1.[S-]c1ccccc1. The van der Waals surface area contributed by atoms with Crippen LogP contribution in [0.4, 0.5) is 0 Å². The van der Waals surface area contributed by atoms with Gasteiger partial charge in [0.2, 0.25) is 0 Å². The van der Waals surface area contributed by atoms with Crippen LogP contribution in [-0.4, -0.2) is 169 Å². The Kier molecular flexibility index (Phi) is 36.1. The zero-order chi connectivity index (χ0) is 43.0. The van der Waals surface area contributed by atoms with Gasteiger partial charge in [0.05, 0.1) is 0 Å². The van der Waals surface area contributed by atoms with Gasteiger partial charge in [0.1, 0.15) is 0 Å². The third kappa shape index (κ3) is 24.2. The number of rotatable bonds is 9. The van der Waals surface area contributed by atoms with E-state index in [0.29, 0.717) is 0 Å². The van der Waals surface area contributed by atoms with Gasteiger partial charge in [-0.2, -0.15) is 14.7 Å². The van der Waals surface area contributed by atoms with E-state index in [0.717, 1.165) is 14.7 Å². The third-order valence-corrected chi connectivity index (χ3v) is 17.1. The van der Waals surface area contributed by atoms with E-state index < -0.39 is 22.8 Å². The Balaban J connectivity index is -0.000000285. The van der Waals surface area contributed by atoms with Gasteiger partial charge in [0.25, 0.3) is 22.8 Å². The maximum atomic E-state index is 12.1. The molecule has 3 aromatic carbocycles. The van der Waals surface area contributed by atoms with E-state index in [1.54, 1.807) is 42.0 Å². The molecule has 0 aliphatic rings. The molecule has 0 atom stereocenters. The maximum absolute atomic E-state index is 12.1. The van der Waals surface area contributed by atoms with Crippen LogP contribution < -0.4 is 0 Å². The van der Waals surface area contributed by atoms with Crippen molar-refractivity contribution < 1.29 is 63.1 Å². The van der Waals surface area contributed by atoms with E-state index in [9.17, 15) is 13.7 Å². The summed E-state index contributed by atoms with van der Waals surface area (Å²) in [6.07, 6.45) is 0. The van der Waals surface area contributed by atoms with Crippen molar-refractivity contribution in [1.29, 1.82) is 0 Å². The van der Waals surface area contributed by atoms with Crippen LogP contribution in [0.5, 0.6) is 0 Å². The molecule has 316 valence electrons. The van der Waals surface area contributed by atoms with Gasteiger partial charge in [0.15, 0.2) is 0 Å². The van der Waals surface area contributed by atoms with Crippen LogP contribution in [0.1, 0.15) is 0 Å². The number of benzene rings is 3. The molecule has 0 aromatic heterocycles. The molecule has 0 fully saturated rings. The summed E-state index contributed by atoms with van der Waals surface area (Å²) in [7, 11) is 25.5. The molecule has 0 spiro atoms. The van der Waals surface area contributed by atoms with E-state index in [1.807, 2.05) is 218 Å². The zero-order valence-electron chi connectivity index (χ0n) is 36.4. The first-order valence-corrected chi connectivity index (χ1v) is 22.7. The van der Waals surface area contributed by atoms with Crippen molar-refractivity contribution in [3.63, 3.8) is 0 Å². The Bertz CT molecular complexity index is 1250. The molecule has 0 N–H and O–H groups in total. The van der Waals surface area contributed by atoms with Gasteiger partial charge >= 0.3 is 49.4 Å². The van der Waals surface area contributed by atoms with Crippen LogP contribution in [0.3, 0.4) is 0 Å². The summed E-state index contributed by atoms with van der Waals surface area (Å²) in [5.41, 5.74) is 0. The molecule has 0 unspecified atom stereocenters. The van der Waals surface area contributed by atoms with Gasteiger partial charge in [-0.1, -0.05) is 91.0 Å². The topological polar surface area (TPSA) is 80.4 Å². The van der Waals surface area contributed by atoms with Crippen LogP contribution >= 0.6 is 22.8 Å². The number of hydrogen-bond donors (Lipinski definition) is 0. The van der Waals surface area contributed by atoms with Crippen molar-refractivity contribution in [1.82, 2.24) is 42.0 Å². The summed E-state index contributed by atoms with van der Waals surface area (Å²) in [4.78, 5) is 2.72. The molecule has 0 heterocycles. The minimum absolute atomic E-state index is 0. The number of hydrogen-bond acceptors (Lipinski definition) is 6. The minimum Gasteiger partial charge on any atom is -0.780 e. The normalized spacial score (nSPS) is 11.4. The average Bonchev–Trinajstić information content (AvgIpc) is 3.08. The fourth-order valence-corrected chi connectivity index (χ4v) is 11.4. The number of nitrogens with zero attached hydrogens (tertiary/aromatic N) is 9. The van der Waals surface area contributed by atoms with Gasteiger partial charge in [-0.05, 0) is 127 Å². The van der Waals surface area contributed by atoms with Crippen LogP contribution in [-0.2, 0) is 51.6 Å². The molecule has 0 bridgehead atoms. The second-order valence-electron chi connectivity index (χ2n) is 13.1. The average molecular weight is 1020 g/mol. The monoisotopic (exact) mass is 1020 g/mol. The molecule has 0 amide bonds. The molecule has 0 saturated heterocycles. The molecule has 0 aliphatic heterocycles. The molecule has 12 nitrogen and oxygen atoms in total. The largest absolute Gasteiger partial charge is 3.00 e. The zero-order valence-corrected chi connectivity index (χ0v) is 43.9. The molecule has 0 radical (unpaired) electrons. The quantitative estimate of drug-likeness (QED) is 0.161. The standard InChI is InChI=1S/3C6H18N3OP.3C6H6S.Eu/c3*1-7(2)11(10,8(3)4)9(5)6;3*7-6-4-2-1-3-5-6;/h3*1-6H3;3*1-5,7H;/q;;;;;;+3/p-3. The molecule has 3 aromatic rings. The first-order valence-electron chi connectivity index (χ1n) is 16.7. The second-order valence-corrected chi connectivity index (χ2v) is 24.8. The van der Waals surface area contributed by atoms with Crippen molar-refractivity contribution in [3.05, 3.63) is 91.0 Å². The molecule has 0 aliphatic carbocycles. The van der Waals surface area contributed by atoms with E-state index in [2.05, 4.69) is 0 Å². The molecule has 19 heteroatoms. The van der Waals surface area contributed by atoms with E-state index >= 15 is 0 Å². The van der Waals surface area contributed by atoms with Crippen LogP contribution in [0.25, 0.3) is 0 Å². The van der Waals surface area contributed by atoms with Crippen LogP contribution in [0.2, 0.25) is 0 Å². The summed E-state index contributed by atoms with van der Waals surface area (Å²) < 4.78 is 52.0. The first-order chi connectivity index (χ1) is 24.7. The van der Waals surface area contributed by atoms with E-state index in [1.165, 1.54) is 0 Å². The summed E-state index contributed by atoms with van der Waals surface area (Å²) >= 11 is 14.4. The minimum atomic E-state index is -2.44. The van der Waals surface area contributed by atoms with Crippen LogP contribution in [0.15, 0.2) is 106 Å². The smallest absolute Gasteiger partial charge is 0.780 e. The molecular weight excluding hydrogens is 948 g/mol. The van der Waals surface area contributed by atoms with Crippen molar-refractivity contribution in [2.75, 3.05) is 127 Å². The Labute approximate surface area is 394 Å². The maximum Gasteiger partial charge on any atom is 3.00 e.